The molecule has 0 aliphatic carbocycles. The van der Waals surface area contributed by atoms with Gasteiger partial charge in [0, 0.05) is 11.9 Å². The van der Waals surface area contributed by atoms with E-state index in [2.05, 4.69) is 28.2 Å². The molecule has 1 heterocycles. The van der Waals surface area contributed by atoms with Crippen molar-refractivity contribution in [2.45, 2.75) is 39.7 Å². The zero-order chi connectivity index (χ0) is 16.8. The van der Waals surface area contributed by atoms with Crippen molar-refractivity contribution in [1.82, 2.24) is 4.57 Å². The van der Waals surface area contributed by atoms with E-state index in [-0.39, 0.29) is 18.0 Å². The van der Waals surface area contributed by atoms with Crippen LogP contribution in [0.5, 0.6) is 0 Å². The number of amides is 1. The molecule has 23 heavy (non-hydrogen) atoms. The largest absolute Gasteiger partial charge is 0.325 e. The molecule has 0 unspecified atom stereocenters. The van der Waals surface area contributed by atoms with Gasteiger partial charge >= 0.3 is 0 Å². The number of pyridine rings is 1. The summed E-state index contributed by atoms with van der Waals surface area (Å²) in [4.78, 5) is 24.1. The number of carbonyl (C=O) groups excluding carboxylic acids is 1. The van der Waals surface area contributed by atoms with Gasteiger partial charge in [-0.05, 0) is 65.0 Å². The SMILES string of the molecule is CCCCc1ccc(NC(=O)Cn2cc(C)cc(Br)c2=O)cc1. The van der Waals surface area contributed by atoms with E-state index in [0.717, 1.165) is 24.1 Å². The summed E-state index contributed by atoms with van der Waals surface area (Å²) in [6.07, 6.45) is 5.06. The number of aryl methyl sites for hydroxylation is 2. The molecule has 0 aliphatic rings. The molecule has 0 bridgehead atoms. The zero-order valence-electron chi connectivity index (χ0n) is 13.4. The van der Waals surface area contributed by atoms with Crippen LogP contribution in [-0.2, 0) is 17.8 Å². The van der Waals surface area contributed by atoms with Crippen LogP contribution in [0, 0.1) is 6.92 Å². The van der Waals surface area contributed by atoms with E-state index in [1.54, 1.807) is 12.3 Å². The highest BCUT2D eigenvalue weighted by Crippen LogP contribution is 2.12. The van der Waals surface area contributed by atoms with Gasteiger partial charge in [0.05, 0.1) is 4.47 Å². The molecule has 4 nitrogen and oxygen atoms in total. The van der Waals surface area contributed by atoms with Crippen LogP contribution in [0.1, 0.15) is 30.9 Å². The van der Waals surface area contributed by atoms with Gasteiger partial charge in [-0.1, -0.05) is 25.5 Å². The quantitative estimate of drug-likeness (QED) is 0.830. The van der Waals surface area contributed by atoms with E-state index >= 15 is 0 Å². The Bertz CT molecular complexity index is 736. The number of unbranched alkanes of at least 4 members (excludes halogenated alkanes) is 1. The first kappa shape index (κ1) is 17.5. The molecule has 0 aliphatic heterocycles. The summed E-state index contributed by atoms with van der Waals surface area (Å²) in [6, 6.07) is 9.60. The maximum atomic E-state index is 12.1. The summed E-state index contributed by atoms with van der Waals surface area (Å²) in [5.41, 5.74) is 2.73. The first-order valence-corrected chi connectivity index (χ1v) is 8.54. The maximum Gasteiger partial charge on any atom is 0.265 e. The van der Waals surface area contributed by atoms with Crippen LogP contribution in [0.25, 0.3) is 0 Å². The Labute approximate surface area is 144 Å². The van der Waals surface area contributed by atoms with Crippen molar-refractivity contribution < 1.29 is 4.79 Å². The second-order valence-corrected chi connectivity index (χ2v) is 6.50. The molecule has 0 radical (unpaired) electrons. The van der Waals surface area contributed by atoms with Crippen molar-refractivity contribution in [3.63, 3.8) is 0 Å². The molecule has 0 saturated heterocycles. The molecule has 1 N–H and O–H groups in total. The number of nitrogens with zero attached hydrogens (tertiary/aromatic N) is 1. The van der Waals surface area contributed by atoms with Crippen molar-refractivity contribution in [1.29, 1.82) is 0 Å². The fourth-order valence-electron chi connectivity index (χ4n) is 2.35. The Morgan fingerprint density at radius 1 is 1.26 bits per heavy atom. The number of carbonyl (C=O) groups is 1. The van der Waals surface area contributed by atoms with Gasteiger partial charge in [-0.3, -0.25) is 9.59 Å². The van der Waals surface area contributed by atoms with Crippen LogP contribution in [0.15, 0.2) is 45.8 Å². The Hall–Kier alpha value is -1.88. The van der Waals surface area contributed by atoms with Gasteiger partial charge in [-0.25, -0.2) is 0 Å². The standard InChI is InChI=1S/C18H21BrN2O2/c1-3-4-5-14-6-8-15(9-7-14)20-17(22)12-21-11-13(2)10-16(19)18(21)23/h6-11H,3-5,12H2,1-2H3,(H,20,22). The molecular weight excluding hydrogens is 356 g/mol. The lowest BCUT2D eigenvalue weighted by molar-refractivity contribution is -0.116. The Balaban J connectivity index is 2.01. The molecule has 5 heteroatoms. The van der Waals surface area contributed by atoms with Crippen LogP contribution < -0.4 is 10.9 Å². The van der Waals surface area contributed by atoms with Crippen LogP contribution in [0.3, 0.4) is 0 Å². The number of nitrogens with one attached hydrogen (secondary N) is 1. The lowest BCUT2D eigenvalue weighted by atomic mass is 10.1. The highest BCUT2D eigenvalue weighted by molar-refractivity contribution is 9.10. The van der Waals surface area contributed by atoms with Gasteiger partial charge in [0.25, 0.3) is 5.56 Å². The van der Waals surface area contributed by atoms with E-state index in [0.29, 0.717) is 4.47 Å². The molecule has 1 amide bonds. The third kappa shape index (κ3) is 5.06. The van der Waals surface area contributed by atoms with Crippen LogP contribution >= 0.6 is 15.9 Å². The summed E-state index contributed by atoms with van der Waals surface area (Å²) in [5.74, 6) is -0.217. The average Bonchev–Trinajstić information content (AvgIpc) is 2.51. The summed E-state index contributed by atoms with van der Waals surface area (Å²) in [5, 5.41) is 2.83. The lowest BCUT2D eigenvalue weighted by Gasteiger charge is -2.09. The molecule has 0 fully saturated rings. The minimum absolute atomic E-state index is 0.00327. The molecule has 2 aromatic rings. The van der Waals surface area contributed by atoms with Gasteiger partial charge < -0.3 is 9.88 Å². The number of hydrogen-bond donors (Lipinski definition) is 1. The van der Waals surface area contributed by atoms with Crippen molar-refractivity contribution in [2.24, 2.45) is 0 Å². The topological polar surface area (TPSA) is 51.1 Å². The number of aromatic nitrogens is 1. The smallest absolute Gasteiger partial charge is 0.265 e. The first-order valence-electron chi connectivity index (χ1n) is 7.75. The minimum atomic E-state index is -0.217. The van der Waals surface area contributed by atoms with Crippen LogP contribution in [-0.4, -0.2) is 10.5 Å². The van der Waals surface area contributed by atoms with Crippen molar-refractivity contribution in [3.8, 4) is 0 Å². The molecule has 1 aromatic carbocycles. The summed E-state index contributed by atoms with van der Waals surface area (Å²) < 4.78 is 1.87. The Morgan fingerprint density at radius 3 is 2.61 bits per heavy atom. The molecular formula is C18H21BrN2O2. The van der Waals surface area contributed by atoms with Crippen LogP contribution in [0.2, 0.25) is 0 Å². The molecule has 2 rings (SSSR count). The monoisotopic (exact) mass is 376 g/mol. The number of halogens is 1. The van der Waals surface area contributed by atoms with Gasteiger partial charge in [0.2, 0.25) is 5.91 Å². The van der Waals surface area contributed by atoms with E-state index < -0.39 is 0 Å². The molecule has 0 atom stereocenters. The van der Waals surface area contributed by atoms with Gasteiger partial charge in [0.1, 0.15) is 6.54 Å². The van der Waals surface area contributed by atoms with Crippen molar-refractivity contribution >= 4 is 27.5 Å². The molecule has 122 valence electrons. The van der Waals surface area contributed by atoms with Crippen molar-refractivity contribution in [3.05, 3.63) is 62.5 Å². The maximum absolute atomic E-state index is 12.1. The normalized spacial score (nSPS) is 10.6. The molecule has 0 spiro atoms. The van der Waals surface area contributed by atoms with Gasteiger partial charge in [-0.2, -0.15) is 0 Å². The molecule has 1 aromatic heterocycles. The third-order valence-corrected chi connectivity index (χ3v) is 4.12. The predicted octanol–water partition coefficient (Wildman–Crippen LogP) is 3.90. The Morgan fingerprint density at radius 2 is 1.96 bits per heavy atom. The van der Waals surface area contributed by atoms with Gasteiger partial charge in [0.15, 0.2) is 0 Å². The van der Waals surface area contributed by atoms with E-state index in [1.165, 1.54) is 16.6 Å². The van der Waals surface area contributed by atoms with E-state index in [1.807, 2.05) is 31.2 Å². The number of rotatable bonds is 6. The number of anilines is 1. The van der Waals surface area contributed by atoms with E-state index in [9.17, 15) is 9.59 Å². The van der Waals surface area contributed by atoms with E-state index in [4.69, 9.17) is 0 Å². The summed E-state index contributed by atoms with van der Waals surface area (Å²) >= 11 is 3.22. The number of benzene rings is 1. The lowest BCUT2D eigenvalue weighted by Crippen LogP contribution is -2.27. The number of hydrogen-bond acceptors (Lipinski definition) is 2. The Kier molecular flexibility index (Phi) is 6.16. The minimum Gasteiger partial charge on any atom is -0.325 e. The fraction of sp³-hybridized carbons (Fsp3) is 0.333. The highest BCUT2D eigenvalue weighted by Gasteiger charge is 2.08. The van der Waals surface area contributed by atoms with Crippen molar-refractivity contribution in [2.75, 3.05) is 5.32 Å². The first-order chi connectivity index (χ1) is 11.0. The third-order valence-electron chi connectivity index (χ3n) is 3.55. The zero-order valence-corrected chi connectivity index (χ0v) is 15.0. The summed E-state index contributed by atoms with van der Waals surface area (Å²) in [7, 11) is 0. The predicted molar refractivity (Wildman–Crippen MR) is 96.8 cm³/mol. The second-order valence-electron chi connectivity index (χ2n) is 5.65. The average molecular weight is 377 g/mol. The van der Waals surface area contributed by atoms with Gasteiger partial charge in [-0.15, -0.1) is 0 Å². The van der Waals surface area contributed by atoms with Crippen LogP contribution in [0.4, 0.5) is 5.69 Å². The molecule has 0 saturated carbocycles. The highest BCUT2D eigenvalue weighted by atomic mass is 79.9. The fourth-order valence-corrected chi connectivity index (χ4v) is 2.94. The summed E-state index contributed by atoms with van der Waals surface area (Å²) in [6.45, 7) is 4.05. The second kappa shape index (κ2) is 8.11.